The molecule has 0 aromatic carbocycles. The Morgan fingerprint density at radius 2 is 2.00 bits per heavy atom. The number of nitrogens with one attached hydrogen (secondary N) is 1. The Bertz CT molecular complexity index is 1010. The number of rotatable bonds is 3. The first-order chi connectivity index (χ1) is 13.1. The third-order valence-corrected chi connectivity index (χ3v) is 6.64. The smallest absolute Gasteiger partial charge is 0.253 e. The zero-order chi connectivity index (χ0) is 18.1. The molecule has 4 saturated carbocycles. The summed E-state index contributed by atoms with van der Waals surface area (Å²) in [7, 11) is 0. The highest BCUT2D eigenvalue weighted by Gasteiger charge is 2.60. The van der Waals surface area contributed by atoms with Crippen LogP contribution in [0.5, 0.6) is 0 Å². The average molecular weight is 365 g/mol. The van der Waals surface area contributed by atoms with Gasteiger partial charge in [0.15, 0.2) is 12.0 Å². The molecule has 27 heavy (non-hydrogen) atoms. The molecule has 4 bridgehead atoms. The van der Waals surface area contributed by atoms with Crippen LogP contribution in [0.25, 0.3) is 5.65 Å². The first-order valence-electron chi connectivity index (χ1n) is 9.37. The maximum Gasteiger partial charge on any atom is 0.253 e. The third-order valence-electron chi connectivity index (χ3n) is 6.64. The van der Waals surface area contributed by atoms with E-state index in [0.717, 1.165) is 32.1 Å². The lowest BCUT2D eigenvalue weighted by Gasteiger charge is -2.61. The van der Waals surface area contributed by atoms with Crippen LogP contribution in [-0.2, 0) is 5.54 Å². The number of fused-ring (bicyclic) bond motifs is 1. The molecular formula is C17H19N9O. The fourth-order valence-electron chi connectivity index (χ4n) is 6.17. The fourth-order valence-corrected chi connectivity index (χ4v) is 6.17. The van der Waals surface area contributed by atoms with Crippen molar-refractivity contribution in [2.75, 3.05) is 0 Å². The van der Waals surface area contributed by atoms with Gasteiger partial charge in [-0.25, -0.2) is 0 Å². The van der Waals surface area contributed by atoms with E-state index < -0.39 is 0 Å². The Balaban J connectivity index is 1.33. The number of nitrogens with zero attached hydrogens (tertiary/aromatic N) is 8. The molecule has 3 aromatic heterocycles. The van der Waals surface area contributed by atoms with E-state index in [-0.39, 0.29) is 17.0 Å². The summed E-state index contributed by atoms with van der Waals surface area (Å²) in [5.41, 5.74) is 0.869. The van der Waals surface area contributed by atoms with Crippen LogP contribution in [0.3, 0.4) is 0 Å². The number of pyridine rings is 1. The third kappa shape index (κ3) is 2.22. The molecule has 4 fully saturated rings. The second-order valence-corrected chi connectivity index (χ2v) is 8.54. The summed E-state index contributed by atoms with van der Waals surface area (Å²) < 4.78 is 1.52. The van der Waals surface area contributed by atoms with Crippen molar-refractivity contribution in [2.45, 2.75) is 49.6 Å². The van der Waals surface area contributed by atoms with Crippen LogP contribution in [-0.4, -0.2) is 51.7 Å². The van der Waals surface area contributed by atoms with Gasteiger partial charge in [-0.3, -0.25) is 4.79 Å². The minimum Gasteiger partial charge on any atom is -0.346 e. The molecule has 1 amide bonds. The summed E-state index contributed by atoms with van der Waals surface area (Å²) in [6.07, 6.45) is 9.50. The van der Waals surface area contributed by atoms with Gasteiger partial charge >= 0.3 is 0 Å². The molecule has 138 valence electrons. The van der Waals surface area contributed by atoms with Gasteiger partial charge < -0.3 is 5.32 Å². The van der Waals surface area contributed by atoms with Crippen molar-refractivity contribution in [3.8, 4) is 0 Å². The quantitative estimate of drug-likeness (QED) is 0.722. The Morgan fingerprint density at radius 3 is 2.78 bits per heavy atom. The predicted molar refractivity (Wildman–Crippen MR) is 91.5 cm³/mol. The molecular weight excluding hydrogens is 346 g/mol. The van der Waals surface area contributed by atoms with E-state index in [9.17, 15) is 4.79 Å². The van der Waals surface area contributed by atoms with Crippen LogP contribution >= 0.6 is 0 Å². The highest BCUT2D eigenvalue weighted by Crippen LogP contribution is 2.60. The number of amides is 1. The van der Waals surface area contributed by atoms with Crippen LogP contribution in [0.2, 0.25) is 0 Å². The van der Waals surface area contributed by atoms with Gasteiger partial charge in [-0.15, -0.1) is 15.3 Å². The minimum atomic E-state index is -0.204. The zero-order valence-corrected chi connectivity index (χ0v) is 14.7. The molecule has 3 heterocycles. The summed E-state index contributed by atoms with van der Waals surface area (Å²) >= 11 is 0. The second-order valence-electron chi connectivity index (χ2n) is 8.54. The largest absolute Gasteiger partial charge is 0.346 e. The van der Waals surface area contributed by atoms with Crippen molar-refractivity contribution < 1.29 is 4.79 Å². The lowest BCUT2D eigenvalue weighted by atomic mass is 9.50. The number of carbonyl (C=O) groups is 1. The van der Waals surface area contributed by atoms with Crippen molar-refractivity contribution in [1.82, 2.24) is 45.6 Å². The van der Waals surface area contributed by atoms with E-state index in [0.29, 0.717) is 23.0 Å². The lowest BCUT2D eigenvalue weighted by Crippen LogP contribution is -2.66. The Kier molecular flexibility index (Phi) is 2.86. The summed E-state index contributed by atoms with van der Waals surface area (Å²) in [5.74, 6) is 1.12. The Labute approximate surface area is 154 Å². The van der Waals surface area contributed by atoms with Crippen LogP contribution in [0, 0.1) is 11.8 Å². The first-order valence-corrected chi connectivity index (χ1v) is 9.37. The fraction of sp³-hybridized carbons (Fsp3) is 0.588. The first kappa shape index (κ1) is 15.2. The summed E-state index contributed by atoms with van der Waals surface area (Å²) in [6.45, 7) is 0. The molecule has 2 atom stereocenters. The predicted octanol–water partition coefficient (Wildman–Crippen LogP) is 0.589. The molecule has 0 saturated heterocycles. The molecule has 0 radical (unpaired) electrons. The van der Waals surface area contributed by atoms with Gasteiger partial charge in [0.05, 0.1) is 11.1 Å². The Hall–Kier alpha value is -2.91. The number of carbonyl (C=O) groups excluding carboxylic acids is 1. The van der Waals surface area contributed by atoms with Crippen LogP contribution in [0.1, 0.15) is 48.9 Å². The van der Waals surface area contributed by atoms with Crippen molar-refractivity contribution in [3.63, 3.8) is 0 Å². The zero-order valence-electron chi connectivity index (χ0n) is 14.7. The Morgan fingerprint density at radius 1 is 1.15 bits per heavy atom. The monoisotopic (exact) mass is 365 g/mol. The van der Waals surface area contributed by atoms with Gasteiger partial charge in [-0.05, 0) is 78.1 Å². The van der Waals surface area contributed by atoms with E-state index in [1.54, 1.807) is 23.1 Å². The maximum absolute atomic E-state index is 13.0. The van der Waals surface area contributed by atoms with Crippen LogP contribution < -0.4 is 5.32 Å². The molecule has 0 aliphatic heterocycles. The topological polar surface area (TPSA) is 116 Å². The number of hydrogen-bond donors (Lipinski definition) is 1. The molecule has 10 heteroatoms. The summed E-state index contributed by atoms with van der Waals surface area (Å²) in [4.78, 5) is 14.8. The normalized spacial score (nSPS) is 34.2. The molecule has 10 nitrogen and oxygen atoms in total. The molecule has 1 N–H and O–H groups in total. The lowest BCUT2D eigenvalue weighted by molar-refractivity contribution is -0.0810. The van der Waals surface area contributed by atoms with Gasteiger partial charge in [0.25, 0.3) is 5.91 Å². The van der Waals surface area contributed by atoms with E-state index >= 15 is 0 Å². The van der Waals surface area contributed by atoms with E-state index in [2.05, 4.69) is 36.3 Å². The highest BCUT2D eigenvalue weighted by molar-refractivity contribution is 5.94. The molecule has 3 aromatic rings. The molecule has 2 unspecified atom stereocenters. The van der Waals surface area contributed by atoms with Gasteiger partial charge in [-0.2, -0.15) is 9.31 Å². The number of hydrogen-bond acceptors (Lipinski definition) is 7. The van der Waals surface area contributed by atoms with E-state index in [1.165, 1.54) is 17.3 Å². The van der Waals surface area contributed by atoms with Gasteiger partial charge in [-0.1, -0.05) is 0 Å². The maximum atomic E-state index is 13.0. The van der Waals surface area contributed by atoms with Gasteiger partial charge in [0.1, 0.15) is 0 Å². The molecule has 4 aliphatic rings. The highest BCUT2D eigenvalue weighted by atomic mass is 16.1. The summed E-state index contributed by atoms with van der Waals surface area (Å²) in [5, 5.41) is 27.3. The van der Waals surface area contributed by atoms with Crippen LogP contribution in [0.15, 0.2) is 24.7 Å². The minimum absolute atomic E-state index is 0.0731. The van der Waals surface area contributed by atoms with Gasteiger partial charge in [0, 0.05) is 11.7 Å². The molecule has 4 aliphatic carbocycles. The second kappa shape index (κ2) is 5.08. The SMILES string of the molecule is O=C(NC12CC3CC(C1)CC(n1ncnn1)(C3)C2)c1ccc2nnnn2c1. The van der Waals surface area contributed by atoms with Crippen molar-refractivity contribution >= 4 is 11.6 Å². The number of tetrazole rings is 2. The van der Waals surface area contributed by atoms with Crippen molar-refractivity contribution in [1.29, 1.82) is 0 Å². The average Bonchev–Trinajstić information content (AvgIpc) is 3.31. The standard InChI is InChI=1S/C17H19N9O/c27-15(13-1-2-14-21-22-24-25(14)8-13)20-16-4-11-3-12(5-16)7-17(6-11,9-16)26-19-10-18-23-26/h1-2,8,10-12H,3-7,9H2,(H,20,27). The molecule has 7 rings (SSSR count). The van der Waals surface area contributed by atoms with Crippen LogP contribution in [0.4, 0.5) is 0 Å². The molecule has 0 spiro atoms. The summed E-state index contributed by atoms with van der Waals surface area (Å²) in [6, 6.07) is 3.53. The van der Waals surface area contributed by atoms with Gasteiger partial charge in [0.2, 0.25) is 0 Å². The number of aromatic nitrogens is 8. The van der Waals surface area contributed by atoms with E-state index in [1.807, 2.05) is 0 Å². The van der Waals surface area contributed by atoms with E-state index in [4.69, 9.17) is 0 Å². The van der Waals surface area contributed by atoms with Crippen molar-refractivity contribution in [3.05, 3.63) is 30.2 Å². The van der Waals surface area contributed by atoms with Crippen molar-refractivity contribution in [2.24, 2.45) is 11.8 Å².